The lowest BCUT2D eigenvalue weighted by atomic mass is 9.92. The van der Waals surface area contributed by atoms with Crippen LogP contribution in [0, 0.1) is 0 Å². The summed E-state index contributed by atoms with van der Waals surface area (Å²) in [4.78, 5) is 8.59. The third-order valence-corrected chi connectivity index (χ3v) is 5.68. The molecule has 30 heavy (non-hydrogen) atoms. The highest BCUT2D eigenvalue weighted by Gasteiger charge is 2.26. The minimum atomic E-state index is 0.180. The Bertz CT molecular complexity index is 1100. The second-order valence-corrected chi connectivity index (χ2v) is 7.74. The number of pyridine rings is 1. The summed E-state index contributed by atoms with van der Waals surface area (Å²) in [5, 5.41) is 8.46. The summed E-state index contributed by atoms with van der Waals surface area (Å²) in [5.74, 6) is 0.844. The lowest BCUT2D eigenvalue weighted by Crippen LogP contribution is -2.38. The van der Waals surface area contributed by atoms with E-state index in [2.05, 4.69) is 39.6 Å². The van der Waals surface area contributed by atoms with Crippen molar-refractivity contribution in [2.45, 2.75) is 44.4 Å². The Morgan fingerprint density at radius 3 is 2.67 bits per heavy atom. The van der Waals surface area contributed by atoms with Gasteiger partial charge in [0, 0.05) is 18.0 Å². The predicted octanol–water partition coefficient (Wildman–Crippen LogP) is 4.73. The Balaban J connectivity index is 1.34. The average molecular weight is 399 g/mol. The lowest BCUT2D eigenvalue weighted by Gasteiger charge is -2.32. The number of nitrogens with zero attached hydrogens (tertiary/aromatic N) is 4. The number of anilines is 1. The first kappa shape index (κ1) is 18.8. The molecule has 0 aliphatic heterocycles. The van der Waals surface area contributed by atoms with E-state index in [1.807, 2.05) is 41.0 Å². The maximum absolute atomic E-state index is 6.30. The van der Waals surface area contributed by atoms with Gasteiger partial charge in [-0.3, -0.25) is 4.98 Å². The van der Waals surface area contributed by atoms with Gasteiger partial charge < -0.3 is 10.1 Å². The second-order valence-electron chi connectivity index (χ2n) is 7.74. The number of fused-ring (bicyclic) bond motifs is 1. The highest BCUT2D eigenvalue weighted by molar-refractivity contribution is 5.63. The minimum absolute atomic E-state index is 0.180. The normalized spacial score (nSPS) is 19.1. The highest BCUT2D eigenvalue weighted by Crippen LogP contribution is 2.26. The Hall–Kier alpha value is -3.25. The van der Waals surface area contributed by atoms with E-state index in [9.17, 15) is 0 Å². The van der Waals surface area contributed by atoms with Crippen molar-refractivity contribution in [3.8, 4) is 11.3 Å². The molecule has 4 aromatic rings. The molecule has 0 saturated heterocycles. The summed E-state index contributed by atoms with van der Waals surface area (Å²) in [6.45, 7) is 0.643. The fourth-order valence-corrected chi connectivity index (χ4v) is 4.10. The third-order valence-electron chi connectivity index (χ3n) is 5.68. The molecule has 0 bridgehead atoms. The molecule has 5 rings (SSSR count). The van der Waals surface area contributed by atoms with Gasteiger partial charge in [-0.05, 0) is 42.7 Å². The van der Waals surface area contributed by atoms with Gasteiger partial charge in [0.25, 0.3) is 0 Å². The van der Waals surface area contributed by atoms with Crippen molar-refractivity contribution in [1.82, 2.24) is 19.6 Å². The van der Waals surface area contributed by atoms with Crippen LogP contribution in [0.3, 0.4) is 0 Å². The van der Waals surface area contributed by atoms with E-state index in [1.54, 1.807) is 12.4 Å². The maximum atomic E-state index is 6.30. The predicted molar refractivity (Wildman–Crippen MR) is 117 cm³/mol. The molecule has 2 atom stereocenters. The van der Waals surface area contributed by atoms with Crippen molar-refractivity contribution in [1.29, 1.82) is 0 Å². The summed E-state index contributed by atoms with van der Waals surface area (Å²) in [5.41, 5.74) is 4.04. The van der Waals surface area contributed by atoms with Gasteiger partial charge in [0.05, 0.1) is 30.6 Å². The van der Waals surface area contributed by atoms with Crippen LogP contribution in [0.4, 0.5) is 5.82 Å². The lowest BCUT2D eigenvalue weighted by molar-refractivity contribution is 0.00874. The molecular weight excluding hydrogens is 374 g/mol. The number of benzene rings is 1. The van der Waals surface area contributed by atoms with Gasteiger partial charge in [-0.1, -0.05) is 43.2 Å². The number of rotatable bonds is 6. The molecule has 0 radical (unpaired) electrons. The standard InChI is InChI=1S/C24H25N5O/c1-2-6-18(7-3-1)17-30-22-9-5-4-8-20(22)27-23-10-11-24-26-16-21(29(24)28-23)19-12-14-25-15-13-19/h1-3,6-7,10-16,20,22H,4-5,8-9,17H2,(H,27,28)/t20-,22-/m1/s1. The highest BCUT2D eigenvalue weighted by atomic mass is 16.5. The van der Waals surface area contributed by atoms with E-state index < -0.39 is 0 Å². The zero-order valence-corrected chi connectivity index (χ0v) is 16.8. The average Bonchev–Trinajstić information content (AvgIpc) is 3.23. The zero-order chi connectivity index (χ0) is 20.2. The fraction of sp³-hybridized carbons (Fsp3) is 0.292. The van der Waals surface area contributed by atoms with Gasteiger partial charge in [0.15, 0.2) is 5.65 Å². The SMILES string of the molecule is c1ccc(CO[C@@H]2CCCC[C@H]2Nc2ccc3ncc(-c4ccncc4)n3n2)cc1. The van der Waals surface area contributed by atoms with Crippen molar-refractivity contribution in [3.05, 3.63) is 78.8 Å². The molecule has 1 aromatic carbocycles. The molecule has 152 valence electrons. The summed E-state index contributed by atoms with van der Waals surface area (Å²) in [7, 11) is 0. The zero-order valence-electron chi connectivity index (χ0n) is 16.8. The van der Waals surface area contributed by atoms with Crippen LogP contribution in [0.5, 0.6) is 0 Å². The van der Waals surface area contributed by atoms with Crippen molar-refractivity contribution in [2.75, 3.05) is 5.32 Å². The molecule has 3 aromatic heterocycles. The van der Waals surface area contributed by atoms with Crippen molar-refractivity contribution >= 4 is 11.5 Å². The van der Waals surface area contributed by atoms with Crippen LogP contribution in [0.25, 0.3) is 16.9 Å². The van der Waals surface area contributed by atoms with Crippen LogP contribution in [0.15, 0.2) is 73.2 Å². The molecule has 1 fully saturated rings. The van der Waals surface area contributed by atoms with E-state index in [0.29, 0.717) is 6.61 Å². The number of ether oxygens (including phenoxy) is 1. The van der Waals surface area contributed by atoms with Gasteiger partial charge in [-0.25, -0.2) is 9.50 Å². The van der Waals surface area contributed by atoms with E-state index in [-0.39, 0.29) is 12.1 Å². The monoisotopic (exact) mass is 399 g/mol. The second kappa shape index (κ2) is 8.63. The molecule has 1 aliphatic carbocycles. The first-order valence-electron chi connectivity index (χ1n) is 10.5. The molecule has 1 N–H and O–H groups in total. The molecule has 6 nitrogen and oxygen atoms in total. The van der Waals surface area contributed by atoms with Gasteiger partial charge in [-0.15, -0.1) is 5.10 Å². The van der Waals surface area contributed by atoms with Crippen LogP contribution in [0.1, 0.15) is 31.2 Å². The number of aromatic nitrogens is 4. The molecule has 0 spiro atoms. The van der Waals surface area contributed by atoms with Gasteiger partial charge in [-0.2, -0.15) is 0 Å². The molecule has 3 heterocycles. The fourth-order valence-electron chi connectivity index (χ4n) is 4.10. The molecule has 6 heteroatoms. The van der Waals surface area contributed by atoms with E-state index in [0.717, 1.165) is 35.6 Å². The van der Waals surface area contributed by atoms with Gasteiger partial charge in [0.1, 0.15) is 5.82 Å². The molecule has 1 saturated carbocycles. The summed E-state index contributed by atoms with van der Waals surface area (Å²) in [6.07, 6.45) is 10.2. The number of hydrogen-bond acceptors (Lipinski definition) is 5. The first-order chi connectivity index (χ1) is 14.9. The smallest absolute Gasteiger partial charge is 0.154 e. The topological polar surface area (TPSA) is 64.3 Å². The largest absolute Gasteiger partial charge is 0.371 e. The van der Waals surface area contributed by atoms with Crippen LogP contribution in [-0.2, 0) is 11.3 Å². The summed E-state index contributed by atoms with van der Waals surface area (Å²) in [6, 6.07) is 18.6. The van der Waals surface area contributed by atoms with Crippen LogP contribution < -0.4 is 5.32 Å². The molecular formula is C24H25N5O. The van der Waals surface area contributed by atoms with E-state index >= 15 is 0 Å². The Morgan fingerprint density at radius 2 is 1.80 bits per heavy atom. The quantitative estimate of drug-likeness (QED) is 0.508. The summed E-state index contributed by atoms with van der Waals surface area (Å²) >= 11 is 0. The first-order valence-corrected chi connectivity index (χ1v) is 10.5. The minimum Gasteiger partial charge on any atom is -0.371 e. The number of hydrogen-bond donors (Lipinski definition) is 1. The Kier molecular flexibility index (Phi) is 5.40. The Morgan fingerprint density at radius 1 is 0.967 bits per heavy atom. The molecule has 0 unspecified atom stereocenters. The van der Waals surface area contributed by atoms with Gasteiger partial charge >= 0.3 is 0 Å². The van der Waals surface area contributed by atoms with Crippen molar-refractivity contribution in [3.63, 3.8) is 0 Å². The summed E-state index contributed by atoms with van der Waals surface area (Å²) < 4.78 is 8.19. The van der Waals surface area contributed by atoms with Crippen LogP contribution in [0.2, 0.25) is 0 Å². The Labute approximate surface area is 176 Å². The van der Waals surface area contributed by atoms with Gasteiger partial charge in [0.2, 0.25) is 0 Å². The van der Waals surface area contributed by atoms with Crippen molar-refractivity contribution < 1.29 is 4.74 Å². The van der Waals surface area contributed by atoms with Crippen molar-refractivity contribution in [2.24, 2.45) is 0 Å². The number of nitrogens with one attached hydrogen (secondary N) is 1. The molecule has 0 amide bonds. The van der Waals surface area contributed by atoms with Crippen LogP contribution >= 0.6 is 0 Å². The molecule has 1 aliphatic rings. The van der Waals surface area contributed by atoms with E-state index in [4.69, 9.17) is 9.84 Å². The maximum Gasteiger partial charge on any atom is 0.154 e. The van der Waals surface area contributed by atoms with Crippen LogP contribution in [-0.4, -0.2) is 31.7 Å². The third kappa shape index (κ3) is 4.04. The van der Waals surface area contributed by atoms with E-state index in [1.165, 1.54) is 18.4 Å². The number of imidazole rings is 1.